The number of anilines is 2. The maximum absolute atomic E-state index is 12.6. The number of amides is 2. The zero-order valence-corrected chi connectivity index (χ0v) is 15.9. The number of thioether (sulfide) groups is 1. The van der Waals surface area contributed by atoms with Crippen LogP contribution in [0.2, 0.25) is 0 Å². The molecule has 1 aromatic heterocycles. The van der Waals surface area contributed by atoms with Crippen molar-refractivity contribution < 1.29 is 13.9 Å². The van der Waals surface area contributed by atoms with Gasteiger partial charge < -0.3 is 24.3 Å². The van der Waals surface area contributed by atoms with Gasteiger partial charge in [-0.05, 0) is 19.1 Å². The number of ether oxygens (including phenoxy) is 1. The molecule has 0 aliphatic carbocycles. The molecule has 2 saturated heterocycles. The number of benzene rings is 1. The highest BCUT2D eigenvalue weighted by atomic mass is 32.2. The van der Waals surface area contributed by atoms with Crippen molar-refractivity contribution in [3.8, 4) is 0 Å². The molecule has 2 fully saturated rings. The van der Waals surface area contributed by atoms with Crippen molar-refractivity contribution in [3.63, 3.8) is 0 Å². The quantitative estimate of drug-likeness (QED) is 0.869. The van der Waals surface area contributed by atoms with Crippen LogP contribution in [0.3, 0.4) is 0 Å². The van der Waals surface area contributed by atoms with Crippen molar-refractivity contribution in [1.82, 2.24) is 9.88 Å². The summed E-state index contributed by atoms with van der Waals surface area (Å²) >= 11 is 1.91. The van der Waals surface area contributed by atoms with Gasteiger partial charge in [-0.25, -0.2) is 4.79 Å². The van der Waals surface area contributed by atoms with Gasteiger partial charge >= 0.3 is 6.03 Å². The minimum atomic E-state index is -0.0584. The molecule has 140 valence electrons. The first kappa shape index (κ1) is 17.5. The van der Waals surface area contributed by atoms with Crippen molar-refractivity contribution >= 4 is 40.6 Å². The fourth-order valence-corrected chi connectivity index (χ4v) is 4.39. The molecule has 2 amide bonds. The second-order valence-electron chi connectivity index (χ2n) is 6.72. The van der Waals surface area contributed by atoms with Crippen molar-refractivity contribution in [2.24, 2.45) is 0 Å². The number of nitrogens with one attached hydrogen (secondary N) is 1. The van der Waals surface area contributed by atoms with Crippen molar-refractivity contribution in [2.45, 2.75) is 25.1 Å². The van der Waals surface area contributed by atoms with Crippen LogP contribution in [-0.2, 0) is 4.74 Å². The molecule has 0 saturated carbocycles. The number of nitrogens with zero attached hydrogens (tertiary/aromatic N) is 3. The van der Waals surface area contributed by atoms with Crippen LogP contribution in [-0.4, -0.2) is 65.8 Å². The Balaban J connectivity index is 1.49. The third-order valence-electron chi connectivity index (χ3n) is 5.05. The lowest BCUT2D eigenvalue weighted by molar-refractivity contribution is 0.120. The van der Waals surface area contributed by atoms with Crippen LogP contribution in [0.1, 0.15) is 13.8 Å². The second-order valence-corrected chi connectivity index (χ2v) is 8.20. The van der Waals surface area contributed by atoms with Gasteiger partial charge in [0.2, 0.25) is 0 Å². The Morgan fingerprint density at radius 2 is 2.08 bits per heavy atom. The molecule has 8 heteroatoms. The summed E-state index contributed by atoms with van der Waals surface area (Å²) in [4.78, 5) is 21.2. The molecular weight excluding hydrogens is 352 g/mol. The molecular formula is C18H24N4O3S. The number of morpholine rings is 1. The van der Waals surface area contributed by atoms with Gasteiger partial charge in [0, 0.05) is 48.4 Å². The highest BCUT2D eigenvalue weighted by Gasteiger charge is 2.29. The Morgan fingerprint density at radius 3 is 2.88 bits per heavy atom. The number of fused-ring (bicyclic) bond motifs is 1. The van der Waals surface area contributed by atoms with Gasteiger partial charge in [-0.15, -0.1) is 0 Å². The molecule has 1 N–H and O–H groups in total. The van der Waals surface area contributed by atoms with E-state index in [4.69, 9.17) is 9.15 Å². The van der Waals surface area contributed by atoms with E-state index in [2.05, 4.69) is 29.0 Å². The molecule has 0 bridgehead atoms. The van der Waals surface area contributed by atoms with E-state index in [0.29, 0.717) is 30.1 Å². The van der Waals surface area contributed by atoms with Crippen LogP contribution in [0.5, 0.6) is 0 Å². The number of hydrogen-bond acceptors (Lipinski definition) is 6. The molecule has 4 rings (SSSR count). The minimum absolute atomic E-state index is 0.0584. The molecule has 0 spiro atoms. The summed E-state index contributed by atoms with van der Waals surface area (Å²) in [6.07, 6.45) is 0. The fourth-order valence-electron chi connectivity index (χ4n) is 3.30. The Hall–Kier alpha value is -1.93. The van der Waals surface area contributed by atoms with Crippen LogP contribution < -0.4 is 10.2 Å². The van der Waals surface area contributed by atoms with Crippen LogP contribution >= 0.6 is 11.8 Å². The fraction of sp³-hybridized carbons (Fsp3) is 0.556. The van der Waals surface area contributed by atoms with Gasteiger partial charge in [0.1, 0.15) is 5.52 Å². The molecule has 2 aromatic rings. The monoisotopic (exact) mass is 376 g/mol. The zero-order chi connectivity index (χ0) is 18.1. The number of carbonyl (C=O) groups excluding carboxylic acids is 1. The van der Waals surface area contributed by atoms with Crippen molar-refractivity contribution in [1.29, 1.82) is 0 Å². The van der Waals surface area contributed by atoms with Crippen molar-refractivity contribution in [3.05, 3.63) is 18.2 Å². The minimum Gasteiger partial charge on any atom is -0.423 e. The highest BCUT2D eigenvalue weighted by Crippen LogP contribution is 2.27. The van der Waals surface area contributed by atoms with E-state index in [1.54, 1.807) is 0 Å². The molecule has 0 radical (unpaired) electrons. The molecule has 3 heterocycles. The topological polar surface area (TPSA) is 70.8 Å². The van der Waals surface area contributed by atoms with Crippen molar-refractivity contribution in [2.75, 3.05) is 48.8 Å². The summed E-state index contributed by atoms with van der Waals surface area (Å²) in [7, 11) is 0. The van der Waals surface area contributed by atoms with Crippen LogP contribution in [0.4, 0.5) is 16.5 Å². The first-order chi connectivity index (χ1) is 12.6. The van der Waals surface area contributed by atoms with Gasteiger partial charge in [-0.2, -0.15) is 16.7 Å². The predicted octanol–water partition coefficient (Wildman–Crippen LogP) is 3.02. The maximum Gasteiger partial charge on any atom is 0.322 e. The summed E-state index contributed by atoms with van der Waals surface area (Å²) < 4.78 is 11.3. The molecule has 2 atom stereocenters. The van der Waals surface area contributed by atoms with Crippen LogP contribution in [0, 0.1) is 0 Å². The molecule has 1 aromatic carbocycles. The van der Waals surface area contributed by atoms with E-state index in [1.165, 1.54) is 0 Å². The second kappa shape index (κ2) is 7.36. The number of hydrogen-bond donors (Lipinski definition) is 1. The SMILES string of the molecule is CC1SCCN(C(=O)Nc2ccc3nc(N4CCOCC4)oc3c2)C1C. The lowest BCUT2D eigenvalue weighted by Gasteiger charge is -2.37. The van der Waals surface area contributed by atoms with Gasteiger partial charge in [-0.3, -0.25) is 0 Å². The maximum atomic E-state index is 12.6. The highest BCUT2D eigenvalue weighted by molar-refractivity contribution is 8.00. The number of carbonyl (C=O) groups is 1. The standard InChI is InChI=1S/C18H24N4O3S/c1-12-13(2)26-10-7-22(12)17(23)19-14-3-4-15-16(11-14)25-18(20-15)21-5-8-24-9-6-21/h3-4,11-13H,5-10H2,1-2H3,(H,19,23). The number of oxazole rings is 1. The van der Waals surface area contributed by atoms with E-state index in [-0.39, 0.29) is 12.1 Å². The summed E-state index contributed by atoms with van der Waals surface area (Å²) in [6.45, 7) is 7.97. The van der Waals surface area contributed by atoms with Gasteiger partial charge in [0.05, 0.1) is 13.2 Å². The number of aromatic nitrogens is 1. The molecule has 26 heavy (non-hydrogen) atoms. The van der Waals surface area contributed by atoms with Crippen LogP contribution in [0.25, 0.3) is 11.1 Å². The van der Waals surface area contributed by atoms with E-state index in [9.17, 15) is 4.79 Å². The normalized spacial score (nSPS) is 24.1. The smallest absolute Gasteiger partial charge is 0.322 e. The first-order valence-corrected chi connectivity index (χ1v) is 10.1. The molecule has 2 unspecified atom stereocenters. The van der Waals surface area contributed by atoms with Crippen LogP contribution in [0.15, 0.2) is 22.6 Å². The summed E-state index contributed by atoms with van der Waals surface area (Å²) in [6, 6.07) is 6.38. The largest absolute Gasteiger partial charge is 0.423 e. The van der Waals surface area contributed by atoms with E-state index in [1.807, 2.05) is 34.9 Å². The third kappa shape index (κ3) is 3.48. The number of urea groups is 1. The van der Waals surface area contributed by atoms with Gasteiger partial charge in [0.15, 0.2) is 5.58 Å². The average Bonchev–Trinajstić information content (AvgIpc) is 3.08. The van der Waals surface area contributed by atoms with Gasteiger partial charge in [-0.1, -0.05) is 6.92 Å². The number of rotatable bonds is 2. The summed E-state index contributed by atoms with van der Waals surface area (Å²) in [5.41, 5.74) is 2.20. The Kier molecular flexibility index (Phi) is 4.95. The van der Waals surface area contributed by atoms with E-state index in [0.717, 1.165) is 36.6 Å². The first-order valence-electron chi connectivity index (χ1n) is 9.04. The van der Waals surface area contributed by atoms with E-state index >= 15 is 0 Å². The summed E-state index contributed by atoms with van der Waals surface area (Å²) in [5.74, 6) is 0.975. The van der Waals surface area contributed by atoms with E-state index < -0.39 is 0 Å². The summed E-state index contributed by atoms with van der Waals surface area (Å²) in [5, 5.41) is 3.45. The Morgan fingerprint density at radius 1 is 1.27 bits per heavy atom. The molecule has 2 aliphatic heterocycles. The third-order valence-corrected chi connectivity index (χ3v) is 6.39. The molecule has 7 nitrogen and oxygen atoms in total. The Bertz CT molecular complexity index is 790. The van der Waals surface area contributed by atoms with Gasteiger partial charge in [0.25, 0.3) is 6.01 Å². The lowest BCUT2D eigenvalue weighted by Crippen LogP contribution is -2.49. The molecule has 2 aliphatic rings. The average molecular weight is 376 g/mol. The predicted molar refractivity (Wildman–Crippen MR) is 104 cm³/mol. The lowest BCUT2D eigenvalue weighted by atomic mass is 10.2. The zero-order valence-electron chi connectivity index (χ0n) is 15.1. The Labute approximate surface area is 157 Å².